The first kappa shape index (κ1) is 17.9. The Labute approximate surface area is 157 Å². The molecule has 25 heavy (non-hydrogen) atoms. The number of hydrogen-bond acceptors (Lipinski definition) is 5. The Morgan fingerprint density at radius 2 is 1.92 bits per heavy atom. The van der Waals surface area contributed by atoms with E-state index in [0.29, 0.717) is 6.42 Å². The highest BCUT2D eigenvalue weighted by Gasteiger charge is 2.18. The van der Waals surface area contributed by atoms with Crippen LogP contribution >= 0.6 is 23.1 Å². The van der Waals surface area contributed by atoms with Gasteiger partial charge in [-0.1, -0.05) is 38.1 Å². The normalized spacial score (nSPS) is 10.9. The van der Waals surface area contributed by atoms with Crippen molar-refractivity contribution in [2.75, 3.05) is 5.75 Å². The number of benzene rings is 1. The van der Waals surface area contributed by atoms with E-state index in [1.807, 2.05) is 0 Å². The summed E-state index contributed by atoms with van der Waals surface area (Å²) in [5.41, 5.74) is 3.88. The number of unbranched alkanes of at least 4 members (excludes halogenated alkanes) is 1. The molecule has 0 atom stereocenters. The van der Waals surface area contributed by atoms with Crippen molar-refractivity contribution in [1.82, 2.24) is 9.97 Å². The topological polar surface area (TPSA) is 49.6 Å². The van der Waals surface area contributed by atoms with Crippen molar-refractivity contribution in [3.8, 4) is 17.2 Å². The first-order valence-corrected chi connectivity index (χ1v) is 10.4. The second-order valence-electron chi connectivity index (χ2n) is 5.77. The van der Waals surface area contributed by atoms with E-state index in [-0.39, 0.29) is 0 Å². The van der Waals surface area contributed by atoms with Crippen molar-refractivity contribution in [2.45, 2.75) is 44.6 Å². The molecule has 0 fully saturated rings. The van der Waals surface area contributed by atoms with Gasteiger partial charge in [0.2, 0.25) is 0 Å². The van der Waals surface area contributed by atoms with Gasteiger partial charge in [0.15, 0.2) is 0 Å². The van der Waals surface area contributed by atoms with Crippen molar-refractivity contribution in [3.05, 3.63) is 41.0 Å². The minimum atomic E-state index is 0.594. The van der Waals surface area contributed by atoms with Gasteiger partial charge in [0.1, 0.15) is 16.2 Å². The number of nitriles is 1. The monoisotopic (exact) mass is 367 g/mol. The molecular weight excluding hydrogens is 346 g/mol. The number of thiophene rings is 1. The summed E-state index contributed by atoms with van der Waals surface area (Å²) < 4.78 is 0. The molecule has 3 rings (SSSR count). The summed E-state index contributed by atoms with van der Waals surface area (Å²) in [6.07, 6.45) is 5.18. The van der Waals surface area contributed by atoms with Crippen LogP contribution < -0.4 is 0 Å². The summed E-state index contributed by atoms with van der Waals surface area (Å²) in [4.78, 5) is 11.5. The van der Waals surface area contributed by atoms with Gasteiger partial charge in [-0.15, -0.1) is 23.1 Å². The van der Waals surface area contributed by atoms with E-state index in [9.17, 15) is 0 Å². The lowest BCUT2D eigenvalue weighted by Crippen LogP contribution is -1.89. The van der Waals surface area contributed by atoms with Gasteiger partial charge >= 0.3 is 0 Å². The zero-order chi connectivity index (χ0) is 17.6. The van der Waals surface area contributed by atoms with Gasteiger partial charge in [0.25, 0.3) is 0 Å². The number of hydrogen-bond donors (Lipinski definition) is 0. The molecule has 0 saturated carbocycles. The van der Waals surface area contributed by atoms with Gasteiger partial charge in [-0.2, -0.15) is 5.26 Å². The number of aromatic nitrogens is 2. The van der Waals surface area contributed by atoms with Gasteiger partial charge in [-0.3, -0.25) is 0 Å². The van der Waals surface area contributed by atoms with Gasteiger partial charge < -0.3 is 0 Å². The van der Waals surface area contributed by atoms with E-state index in [2.05, 4.69) is 54.2 Å². The molecule has 3 nitrogen and oxygen atoms in total. The first-order chi connectivity index (χ1) is 12.3. The predicted molar refractivity (Wildman–Crippen MR) is 107 cm³/mol. The van der Waals surface area contributed by atoms with Crippen LogP contribution in [0.25, 0.3) is 21.3 Å². The van der Waals surface area contributed by atoms with Gasteiger partial charge in [-0.25, -0.2) is 9.97 Å². The maximum Gasteiger partial charge on any atom is 0.128 e. The van der Waals surface area contributed by atoms with Crippen molar-refractivity contribution >= 4 is 33.3 Å². The third-order valence-corrected chi connectivity index (χ3v) is 6.49. The highest BCUT2D eigenvalue weighted by molar-refractivity contribution is 7.99. The highest BCUT2D eigenvalue weighted by Crippen LogP contribution is 2.42. The summed E-state index contributed by atoms with van der Waals surface area (Å²) in [7, 11) is 0. The second kappa shape index (κ2) is 8.46. The lowest BCUT2D eigenvalue weighted by Gasteiger charge is -2.07. The SMILES string of the molecule is CCc1ccc(-c2c(CC)sc3ncnc(SCCCC#N)c23)cc1. The Hall–Kier alpha value is -1.90. The number of thioether (sulfide) groups is 1. The average molecular weight is 368 g/mol. The van der Waals surface area contributed by atoms with Crippen LogP contribution in [0.15, 0.2) is 35.6 Å². The summed E-state index contributed by atoms with van der Waals surface area (Å²) in [5.74, 6) is 0.908. The summed E-state index contributed by atoms with van der Waals surface area (Å²) in [6, 6.07) is 11.1. The Kier molecular flexibility index (Phi) is 6.06. The summed E-state index contributed by atoms with van der Waals surface area (Å²) in [6.45, 7) is 4.37. The standard InChI is InChI=1S/C20H21N3S2/c1-3-14-7-9-15(10-8-14)17-16(4-2)25-20-18(17)19(22-13-23-20)24-12-6-5-11-21/h7-10,13H,3-6,12H2,1-2H3. The zero-order valence-corrected chi connectivity index (χ0v) is 16.2. The van der Waals surface area contributed by atoms with Crippen molar-refractivity contribution < 1.29 is 0 Å². The number of rotatable bonds is 7. The molecule has 0 amide bonds. The minimum absolute atomic E-state index is 0.594. The van der Waals surface area contributed by atoms with Crippen molar-refractivity contribution in [2.24, 2.45) is 0 Å². The number of aryl methyl sites for hydroxylation is 2. The van der Waals surface area contributed by atoms with Crippen LogP contribution in [-0.2, 0) is 12.8 Å². The molecule has 0 N–H and O–H groups in total. The number of fused-ring (bicyclic) bond motifs is 1. The molecule has 3 aromatic rings. The second-order valence-corrected chi connectivity index (χ2v) is 7.94. The third-order valence-electron chi connectivity index (χ3n) is 4.17. The van der Waals surface area contributed by atoms with E-state index in [1.165, 1.54) is 27.0 Å². The Bertz CT molecular complexity index is 892. The molecule has 1 aromatic carbocycles. The highest BCUT2D eigenvalue weighted by atomic mass is 32.2. The molecule has 0 radical (unpaired) electrons. The lowest BCUT2D eigenvalue weighted by molar-refractivity contribution is 0.977. The van der Waals surface area contributed by atoms with E-state index in [1.54, 1.807) is 29.4 Å². The van der Waals surface area contributed by atoms with Crippen molar-refractivity contribution in [1.29, 1.82) is 5.26 Å². The van der Waals surface area contributed by atoms with Gasteiger partial charge in [-0.05, 0) is 30.4 Å². The molecule has 0 saturated heterocycles. The summed E-state index contributed by atoms with van der Waals surface area (Å²) in [5, 5.41) is 10.9. The molecule has 0 aliphatic rings. The van der Waals surface area contributed by atoms with Crippen LogP contribution in [0.3, 0.4) is 0 Å². The minimum Gasteiger partial charge on any atom is -0.229 e. The smallest absolute Gasteiger partial charge is 0.128 e. The molecule has 0 aliphatic heterocycles. The van der Waals surface area contributed by atoms with E-state index in [0.717, 1.165) is 34.9 Å². The Morgan fingerprint density at radius 3 is 2.60 bits per heavy atom. The van der Waals surface area contributed by atoms with Gasteiger partial charge in [0.05, 0.1) is 11.5 Å². The quantitative estimate of drug-likeness (QED) is 0.297. The molecular formula is C20H21N3S2. The Morgan fingerprint density at radius 1 is 1.12 bits per heavy atom. The van der Waals surface area contributed by atoms with Crippen LogP contribution in [0.4, 0.5) is 0 Å². The third kappa shape index (κ3) is 3.86. The molecule has 5 heteroatoms. The molecule has 2 aromatic heterocycles. The largest absolute Gasteiger partial charge is 0.229 e. The summed E-state index contributed by atoms with van der Waals surface area (Å²) >= 11 is 3.50. The fourth-order valence-electron chi connectivity index (χ4n) is 2.84. The maximum atomic E-state index is 8.72. The Balaban J connectivity index is 2.07. The predicted octanol–water partition coefficient (Wildman–Crippen LogP) is 5.88. The maximum absolute atomic E-state index is 8.72. The van der Waals surface area contributed by atoms with E-state index < -0.39 is 0 Å². The fraction of sp³-hybridized carbons (Fsp3) is 0.350. The van der Waals surface area contributed by atoms with Gasteiger partial charge in [0, 0.05) is 22.6 Å². The van der Waals surface area contributed by atoms with Crippen LogP contribution in [0.5, 0.6) is 0 Å². The van der Waals surface area contributed by atoms with Crippen LogP contribution in [0, 0.1) is 11.3 Å². The molecule has 0 aliphatic carbocycles. The molecule has 0 bridgehead atoms. The first-order valence-electron chi connectivity index (χ1n) is 8.63. The van der Waals surface area contributed by atoms with Crippen LogP contribution in [-0.4, -0.2) is 15.7 Å². The molecule has 2 heterocycles. The number of nitrogens with zero attached hydrogens (tertiary/aromatic N) is 3. The van der Waals surface area contributed by atoms with E-state index in [4.69, 9.17) is 5.26 Å². The average Bonchev–Trinajstić information content (AvgIpc) is 3.04. The van der Waals surface area contributed by atoms with Crippen molar-refractivity contribution in [3.63, 3.8) is 0 Å². The molecule has 128 valence electrons. The van der Waals surface area contributed by atoms with E-state index >= 15 is 0 Å². The zero-order valence-electron chi connectivity index (χ0n) is 14.6. The molecule has 0 spiro atoms. The lowest BCUT2D eigenvalue weighted by atomic mass is 10.0. The van der Waals surface area contributed by atoms with Crippen LogP contribution in [0.2, 0.25) is 0 Å². The molecule has 0 unspecified atom stereocenters. The fourth-order valence-corrected chi connectivity index (χ4v) is 4.96. The van der Waals surface area contributed by atoms with Crippen LogP contribution in [0.1, 0.15) is 37.1 Å².